The first-order valence-corrected chi connectivity index (χ1v) is 8.25. The highest BCUT2D eigenvalue weighted by Crippen LogP contribution is 2.29. The molecule has 0 amide bonds. The highest BCUT2D eigenvalue weighted by molar-refractivity contribution is 5.96. The fraction of sp³-hybridized carbons (Fsp3) is 0.0476. The van der Waals surface area contributed by atoms with Crippen LogP contribution in [0.5, 0.6) is 0 Å². The van der Waals surface area contributed by atoms with Gasteiger partial charge in [-0.1, -0.05) is 30.3 Å². The molecular weight excluding hydrogens is 350 g/mol. The second-order valence-corrected chi connectivity index (χ2v) is 6.20. The lowest BCUT2D eigenvalue weighted by Crippen LogP contribution is -2.00. The number of benzene rings is 3. The van der Waals surface area contributed by atoms with Crippen molar-refractivity contribution >= 4 is 16.9 Å². The van der Waals surface area contributed by atoms with Crippen molar-refractivity contribution in [3.63, 3.8) is 0 Å². The fourth-order valence-corrected chi connectivity index (χ4v) is 3.07. The van der Waals surface area contributed by atoms with Crippen LogP contribution in [-0.4, -0.2) is 20.9 Å². The normalized spacial score (nSPS) is 11.0. The minimum absolute atomic E-state index is 0.207. The topological polar surface area (TPSA) is 55.1 Å². The van der Waals surface area contributed by atoms with E-state index in [0.29, 0.717) is 12.1 Å². The zero-order valence-corrected chi connectivity index (χ0v) is 14.1. The maximum atomic E-state index is 13.4. The first-order valence-electron chi connectivity index (χ1n) is 8.25. The molecule has 4 aromatic rings. The number of aromatic nitrogens is 2. The van der Waals surface area contributed by atoms with Crippen LogP contribution in [0.2, 0.25) is 0 Å². The molecule has 134 valence electrons. The van der Waals surface area contributed by atoms with Crippen LogP contribution >= 0.6 is 0 Å². The van der Waals surface area contributed by atoms with Gasteiger partial charge in [-0.25, -0.2) is 13.6 Å². The number of aromatic carboxylic acids is 1. The van der Waals surface area contributed by atoms with E-state index in [1.807, 2.05) is 30.5 Å². The van der Waals surface area contributed by atoms with Crippen molar-refractivity contribution in [2.75, 3.05) is 0 Å². The largest absolute Gasteiger partial charge is 0.478 e. The van der Waals surface area contributed by atoms with Gasteiger partial charge in [-0.2, -0.15) is 5.10 Å². The van der Waals surface area contributed by atoms with Crippen molar-refractivity contribution in [2.24, 2.45) is 0 Å². The lowest BCUT2D eigenvalue weighted by atomic mass is 10.00. The summed E-state index contributed by atoms with van der Waals surface area (Å²) < 4.78 is 28.2. The molecule has 6 heteroatoms. The van der Waals surface area contributed by atoms with Gasteiger partial charge < -0.3 is 5.11 Å². The molecule has 0 spiro atoms. The minimum atomic E-state index is -0.988. The number of carboxylic acid groups (broad SMARTS) is 1. The lowest BCUT2D eigenvalue weighted by molar-refractivity contribution is 0.0697. The molecule has 1 aromatic heterocycles. The van der Waals surface area contributed by atoms with Crippen molar-refractivity contribution in [1.29, 1.82) is 0 Å². The van der Waals surface area contributed by atoms with E-state index in [0.717, 1.165) is 34.2 Å². The van der Waals surface area contributed by atoms with Crippen LogP contribution < -0.4 is 0 Å². The van der Waals surface area contributed by atoms with Crippen LogP contribution in [0.25, 0.3) is 22.0 Å². The quantitative estimate of drug-likeness (QED) is 0.570. The molecule has 4 nitrogen and oxygen atoms in total. The predicted molar refractivity (Wildman–Crippen MR) is 97.6 cm³/mol. The zero-order valence-electron chi connectivity index (χ0n) is 14.1. The van der Waals surface area contributed by atoms with Gasteiger partial charge in [0.15, 0.2) is 11.6 Å². The van der Waals surface area contributed by atoms with Crippen LogP contribution in [0.1, 0.15) is 15.9 Å². The van der Waals surface area contributed by atoms with E-state index in [-0.39, 0.29) is 5.56 Å². The molecule has 3 aromatic carbocycles. The highest BCUT2D eigenvalue weighted by atomic mass is 19.2. The molecule has 0 atom stereocenters. The zero-order chi connectivity index (χ0) is 19.0. The molecule has 0 radical (unpaired) electrons. The second kappa shape index (κ2) is 6.64. The molecule has 0 bridgehead atoms. The van der Waals surface area contributed by atoms with Crippen molar-refractivity contribution in [1.82, 2.24) is 9.78 Å². The number of rotatable bonds is 4. The number of halogens is 2. The Morgan fingerprint density at radius 3 is 2.59 bits per heavy atom. The van der Waals surface area contributed by atoms with Gasteiger partial charge in [0.25, 0.3) is 0 Å². The summed E-state index contributed by atoms with van der Waals surface area (Å²) in [6.45, 7) is 0.292. The van der Waals surface area contributed by atoms with Gasteiger partial charge in [-0.05, 0) is 47.0 Å². The highest BCUT2D eigenvalue weighted by Gasteiger charge is 2.11. The molecule has 0 saturated heterocycles. The molecule has 0 aliphatic heterocycles. The SMILES string of the molecule is O=C(O)c1cccc(-c2cccc3nn(Cc4ccc(F)c(F)c4)cc23)c1. The third kappa shape index (κ3) is 3.29. The Bertz CT molecular complexity index is 1170. The van der Waals surface area contributed by atoms with Crippen molar-refractivity contribution in [3.8, 4) is 11.1 Å². The van der Waals surface area contributed by atoms with Gasteiger partial charge in [0.05, 0.1) is 17.6 Å². The van der Waals surface area contributed by atoms with E-state index in [1.165, 1.54) is 6.07 Å². The second-order valence-electron chi connectivity index (χ2n) is 6.20. The predicted octanol–water partition coefficient (Wildman–Crippen LogP) is 4.73. The molecule has 4 rings (SSSR count). The van der Waals surface area contributed by atoms with Gasteiger partial charge in [-0.3, -0.25) is 4.68 Å². The minimum Gasteiger partial charge on any atom is -0.478 e. The van der Waals surface area contributed by atoms with Crippen molar-refractivity contribution in [2.45, 2.75) is 6.54 Å². The van der Waals surface area contributed by atoms with Gasteiger partial charge in [0.2, 0.25) is 0 Å². The number of carbonyl (C=O) groups is 1. The van der Waals surface area contributed by atoms with Crippen LogP contribution in [-0.2, 0) is 6.54 Å². The number of nitrogens with zero attached hydrogens (tertiary/aromatic N) is 2. The van der Waals surface area contributed by atoms with Crippen molar-refractivity contribution < 1.29 is 18.7 Å². The summed E-state index contributed by atoms with van der Waals surface area (Å²) in [6.07, 6.45) is 1.82. The summed E-state index contributed by atoms with van der Waals surface area (Å²) in [5.41, 5.74) is 3.16. The smallest absolute Gasteiger partial charge is 0.335 e. The summed E-state index contributed by atoms with van der Waals surface area (Å²) in [6, 6.07) is 16.0. The maximum Gasteiger partial charge on any atom is 0.335 e. The van der Waals surface area contributed by atoms with E-state index < -0.39 is 17.6 Å². The molecule has 0 fully saturated rings. The molecule has 27 heavy (non-hydrogen) atoms. The fourth-order valence-electron chi connectivity index (χ4n) is 3.07. The standard InChI is InChI=1S/C21H14F2N2O2/c22-18-8-7-13(9-19(18)23)11-25-12-17-16(5-2-6-20(17)24-25)14-3-1-4-15(10-14)21(26)27/h1-10,12H,11H2,(H,26,27). The Morgan fingerprint density at radius 2 is 1.81 bits per heavy atom. The Labute approximate surface area is 153 Å². The third-order valence-corrected chi connectivity index (χ3v) is 4.35. The van der Waals surface area contributed by atoms with Gasteiger partial charge in [-0.15, -0.1) is 0 Å². The molecule has 1 N–H and O–H groups in total. The summed E-state index contributed by atoms with van der Waals surface area (Å²) in [4.78, 5) is 11.2. The van der Waals surface area contributed by atoms with E-state index in [2.05, 4.69) is 5.10 Å². The Kier molecular flexibility index (Phi) is 4.16. The van der Waals surface area contributed by atoms with Crippen LogP contribution in [0, 0.1) is 11.6 Å². The first-order chi connectivity index (χ1) is 13.0. The average Bonchev–Trinajstić information content (AvgIpc) is 3.07. The number of fused-ring (bicyclic) bond motifs is 1. The van der Waals surface area contributed by atoms with Crippen LogP contribution in [0.15, 0.2) is 66.9 Å². The number of hydrogen-bond acceptors (Lipinski definition) is 2. The summed E-state index contributed by atoms with van der Waals surface area (Å²) >= 11 is 0. The van der Waals surface area contributed by atoms with Gasteiger partial charge in [0, 0.05) is 11.6 Å². The molecular formula is C21H14F2N2O2. The molecule has 1 heterocycles. The maximum absolute atomic E-state index is 13.4. The summed E-state index contributed by atoms with van der Waals surface area (Å²) in [7, 11) is 0. The number of hydrogen-bond donors (Lipinski definition) is 1. The summed E-state index contributed by atoms with van der Waals surface area (Å²) in [5.74, 6) is -2.77. The van der Waals surface area contributed by atoms with E-state index in [4.69, 9.17) is 0 Å². The van der Waals surface area contributed by atoms with E-state index in [1.54, 1.807) is 22.9 Å². The molecule has 0 saturated carbocycles. The summed E-state index contributed by atoms with van der Waals surface area (Å²) in [5, 5.41) is 14.5. The first kappa shape index (κ1) is 16.9. The Balaban J connectivity index is 1.75. The Morgan fingerprint density at radius 1 is 1.00 bits per heavy atom. The van der Waals surface area contributed by atoms with Crippen LogP contribution in [0.4, 0.5) is 8.78 Å². The van der Waals surface area contributed by atoms with E-state index in [9.17, 15) is 18.7 Å². The third-order valence-electron chi connectivity index (χ3n) is 4.35. The number of carboxylic acids is 1. The lowest BCUT2D eigenvalue weighted by Gasteiger charge is -2.04. The average molecular weight is 364 g/mol. The van der Waals surface area contributed by atoms with E-state index >= 15 is 0 Å². The molecule has 0 aliphatic carbocycles. The van der Waals surface area contributed by atoms with Gasteiger partial charge in [0.1, 0.15) is 0 Å². The van der Waals surface area contributed by atoms with Crippen LogP contribution in [0.3, 0.4) is 0 Å². The molecule has 0 aliphatic rings. The monoisotopic (exact) mass is 364 g/mol. The van der Waals surface area contributed by atoms with Gasteiger partial charge >= 0.3 is 5.97 Å². The Hall–Kier alpha value is -3.54. The van der Waals surface area contributed by atoms with Crippen molar-refractivity contribution in [3.05, 3.63) is 89.6 Å². The molecule has 0 unspecified atom stereocenters.